The topological polar surface area (TPSA) is 68.9 Å². The van der Waals surface area contributed by atoms with E-state index in [4.69, 9.17) is 4.42 Å². The highest BCUT2D eigenvalue weighted by Gasteiger charge is 2.19. The van der Waals surface area contributed by atoms with Gasteiger partial charge in [0.1, 0.15) is 17.2 Å². The van der Waals surface area contributed by atoms with Crippen molar-refractivity contribution in [2.24, 2.45) is 0 Å². The first-order valence-electron chi connectivity index (χ1n) is 14.4. The molecule has 0 saturated heterocycles. The van der Waals surface area contributed by atoms with Gasteiger partial charge in [-0.25, -0.2) is 0 Å². The van der Waals surface area contributed by atoms with Crippen LogP contribution in [-0.2, 0) is 0 Å². The molecule has 0 atom stereocenters. The zero-order valence-corrected chi connectivity index (χ0v) is 23.8. The molecule has 206 valence electrons. The number of anilines is 2. The lowest BCUT2D eigenvalue weighted by Crippen LogP contribution is -2.11. The molecule has 5 heteroatoms. The Morgan fingerprint density at radius 3 is 2.20 bits per heavy atom. The number of nitriles is 2. The van der Waals surface area contributed by atoms with E-state index in [0.717, 1.165) is 71.9 Å². The summed E-state index contributed by atoms with van der Waals surface area (Å²) in [7, 11) is 2.07. The van der Waals surface area contributed by atoms with E-state index in [2.05, 4.69) is 101 Å². The van der Waals surface area contributed by atoms with Gasteiger partial charge in [0, 0.05) is 51.2 Å². The Kier molecular flexibility index (Phi) is 5.72. The summed E-state index contributed by atoms with van der Waals surface area (Å²) in [5.74, 6) is 0. The number of hydrogen-bond acceptors (Lipinski definition) is 4. The molecule has 0 radical (unpaired) electrons. The second-order valence-corrected chi connectivity index (χ2v) is 10.9. The first kappa shape index (κ1) is 25.4. The maximum Gasteiger partial charge on any atom is 0.135 e. The van der Waals surface area contributed by atoms with Crippen molar-refractivity contribution in [3.05, 3.63) is 139 Å². The Labute approximate surface area is 253 Å². The summed E-state index contributed by atoms with van der Waals surface area (Å²) in [6.07, 6.45) is 0. The van der Waals surface area contributed by atoms with E-state index in [0.29, 0.717) is 11.1 Å². The molecule has 2 heterocycles. The second-order valence-electron chi connectivity index (χ2n) is 10.9. The molecule has 44 heavy (non-hydrogen) atoms. The fraction of sp³-hybridized carbons (Fsp3) is 0.0256. The number of rotatable bonds is 4. The third-order valence-corrected chi connectivity index (χ3v) is 8.47. The zero-order valence-electron chi connectivity index (χ0n) is 23.8. The van der Waals surface area contributed by atoms with E-state index in [1.165, 1.54) is 0 Å². The number of hydrogen-bond donors (Lipinski definition) is 0. The monoisotopic (exact) mass is 564 g/mol. The fourth-order valence-electron chi connectivity index (χ4n) is 6.36. The molecule has 6 aromatic carbocycles. The average Bonchev–Trinajstić information content (AvgIpc) is 3.63. The molecule has 0 aliphatic rings. The number of fused-ring (bicyclic) bond motifs is 6. The van der Waals surface area contributed by atoms with Crippen molar-refractivity contribution < 1.29 is 4.42 Å². The molecule has 0 N–H and O–H groups in total. The Balaban J connectivity index is 1.34. The highest BCUT2D eigenvalue weighted by molar-refractivity contribution is 6.11. The molecule has 0 unspecified atom stereocenters. The standard InChI is InChI=1S/C39H24N4O/c1-42(28-16-19-38-34(21-28)33-20-25(23-40)14-18-37(33)44-38)35-17-15-29(22-32(35)26-8-3-2-4-9-26)43-36-13-6-5-11-30(36)31-12-7-10-27(24-41)39(31)43/h2-22H,1H3. The van der Waals surface area contributed by atoms with Gasteiger partial charge in [0.2, 0.25) is 0 Å². The molecule has 8 aromatic rings. The minimum atomic E-state index is 0.602. The quantitative estimate of drug-likeness (QED) is 0.213. The van der Waals surface area contributed by atoms with E-state index < -0.39 is 0 Å². The zero-order chi connectivity index (χ0) is 29.8. The molecule has 0 aliphatic carbocycles. The third-order valence-electron chi connectivity index (χ3n) is 8.47. The summed E-state index contributed by atoms with van der Waals surface area (Å²) in [6, 6.07) is 47.5. The van der Waals surface area contributed by atoms with Crippen LogP contribution in [0.3, 0.4) is 0 Å². The van der Waals surface area contributed by atoms with Crippen LogP contribution >= 0.6 is 0 Å². The molecule has 0 saturated carbocycles. The van der Waals surface area contributed by atoms with E-state index in [1.54, 1.807) is 6.07 Å². The normalized spacial score (nSPS) is 11.2. The Morgan fingerprint density at radius 2 is 1.39 bits per heavy atom. The van der Waals surface area contributed by atoms with Crippen LogP contribution in [0.15, 0.2) is 132 Å². The lowest BCUT2D eigenvalue weighted by Gasteiger charge is -2.24. The molecule has 0 bridgehead atoms. The van der Waals surface area contributed by atoms with E-state index >= 15 is 0 Å². The number of nitrogens with zero attached hydrogens (tertiary/aromatic N) is 4. The molecule has 0 aliphatic heterocycles. The van der Waals surface area contributed by atoms with Gasteiger partial charge in [-0.05, 0) is 72.3 Å². The van der Waals surface area contributed by atoms with Crippen LogP contribution in [0.1, 0.15) is 11.1 Å². The molecule has 0 amide bonds. The van der Waals surface area contributed by atoms with E-state index in [9.17, 15) is 10.5 Å². The van der Waals surface area contributed by atoms with Crippen molar-refractivity contribution >= 4 is 55.1 Å². The summed E-state index contributed by atoms with van der Waals surface area (Å²) < 4.78 is 8.28. The lowest BCUT2D eigenvalue weighted by atomic mass is 10.0. The van der Waals surface area contributed by atoms with Crippen molar-refractivity contribution in [2.45, 2.75) is 0 Å². The number of benzene rings is 6. The number of para-hydroxylation sites is 2. The molecule has 0 spiro atoms. The largest absolute Gasteiger partial charge is 0.456 e. The van der Waals surface area contributed by atoms with Gasteiger partial charge in [0.15, 0.2) is 0 Å². The molecule has 8 rings (SSSR count). The van der Waals surface area contributed by atoms with Crippen molar-refractivity contribution in [3.63, 3.8) is 0 Å². The van der Waals surface area contributed by atoms with Gasteiger partial charge in [0.05, 0.1) is 28.2 Å². The SMILES string of the molecule is CN(c1ccc2oc3ccc(C#N)cc3c2c1)c1ccc(-n2c3ccccc3c3cccc(C#N)c32)cc1-c1ccccc1. The van der Waals surface area contributed by atoms with E-state index in [-0.39, 0.29) is 0 Å². The third kappa shape index (κ3) is 3.85. The number of furan rings is 1. The van der Waals surface area contributed by atoms with Gasteiger partial charge < -0.3 is 13.9 Å². The second kappa shape index (κ2) is 9.91. The minimum absolute atomic E-state index is 0.602. The van der Waals surface area contributed by atoms with Crippen LogP contribution in [-0.4, -0.2) is 11.6 Å². The van der Waals surface area contributed by atoms with Gasteiger partial charge >= 0.3 is 0 Å². The fourth-order valence-corrected chi connectivity index (χ4v) is 6.36. The van der Waals surface area contributed by atoms with Crippen LogP contribution < -0.4 is 4.90 Å². The van der Waals surface area contributed by atoms with Crippen molar-refractivity contribution in [1.29, 1.82) is 10.5 Å². The summed E-state index contributed by atoms with van der Waals surface area (Å²) in [5, 5.41) is 23.6. The highest BCUT2D eigenvalue weighted by atomic mass is 16.3. The smallest absolute Gasteiger partial charge is 0.135 e. The van der Waals surface area contributed by atoms with Crippen molar-refractivity contribution in [3.8, 4) is 29.0 Å². The lowest BCUT2D eigenvalue weighted by molar-refractivity contribution is 0.669. The molecule has 5 nitrogen and oxygen atoms in total. The van der Waals surface area contributed by atoms with Gasteiger partial charge in [0.25, 0.3) is 0 Å². The first-order valence-corrected chi connectivity index (χ1v) is 14.4. The maximum atomic E-state index is 10.1. The van der Waals surface area contributed by atoms with Gasteiger partial charge in [-0.3, -0.25) is 0 Å². The summed E-state index contributed by atoms with van der Waals surface area (Å²) >= 11 is 0. The minimum Gasteiger partial charge on any atom is -0.456 e. The Bertz CT molecular complexity index is 2490. The first-order chi connectivity index (χ1) is 21.6. The van der Waals surface area contributed by atoms with Crippen LogP contribution in [0, 0.1) is 22.7 Å². The Morgan fingerprint density at radius 1 is 0.636 bits per heavy atom. The molecular weight excluding hydrogens is 540 g/mol. The van der Waals surface area contributed by atoms with Gasteiger partial charge in [-0.15, -0.1) is 0 Å². The van der Waals surface area contributed by atoms with Crippen LogP contribution in [0.2, 0.25) is 0 Å². The van der Waals surface area contributed by atoms with Crippen LogP contribution in [0.25, 0.3) is 60.6 Å². The molecule has 0 fully saturated rings. The van der Waals surface area contributed by atoms with Crippen molar-refractivity contribution in [2.75, 3.05) is 11.9 Å². The van der Waals surface area contributed by atoms with Crippen molar-refractivity contribution in [1.82, 2.24) is 4.57 Å². The maximum absolute atomic E-state index is 10.1. The highest BCUT2D eigenvalue weighted by Crippen LogP contribution is 2.40. The number of aromatic nitrogens is 1. The van der Waals surface area contributed by atoms with E-state index in [1.807, 2.05) is 48.5 Å². The van der Waals surface area contributed by atoms with Gasteiger partial charge in [-0.2, -0.15) is 10.5 Å². The van der Waals surface area contributed by atoms with Crippen LogP contribution in [0.4, 0.5) is 11.4 Å². The summed E-state index contributed by atoms with van der Waals surface area (Å²) in [6.45, 7) is 0. The van der Waals surface area contributed by atoms with Crippen LogP contribution in [0.5, 0.6) is 0 Å². The predicted octanol–water partition coefficient (Wildman–Crippen LogP) is 9.86. The Hall–Kier alpha value is -6.30. The molecular formula is C39H24N4O. The van der Waals surface area contributed by atoms with Gasteiger partial charge in [-0.1, -0.05) is 60.7 Å². The predicted molar refractivity (Wildman–Crippen MR) is 177 cm³/mol. The average molecular weight is 565 g/mol. The summed E-state index contributed by atoms with van der Waals surface area (Å²) in [4.78, 5) is 2.19. The summed E-state index contributed by atoms with van der Waals surface area (Å²) in [5.41, 5.74) is 9.91. The molecule has 2 aromatic heterocycles.